The lowest BCUT2D eigenvalue weighted by molar-refractivity contribution is -0.115. The Bertz CT molecular complexity index is 632. The fraction of sp³-hybridized carbons (Fsp3) is 0.619. The van der Waals surface area contributed by atoms with Crippen LogP contribution in [0.4, 0.5) is 0 Å². The Morgan fingerprint density at radius 3 is 2.61 bits per heavy atom. The Morgan fingerprint density at radius 1 is 1.13 bits per heavy atom. The molecule has 1 saturated carbocycles. The van der Waals surface area contributed by atoms with Gasteiger partial charge in [0.2, 0.25) is 0 Å². The maximum Gasteiger partial charge on any atom is 0.182 e. The third-order valence-electron chi connectivity index (χ3n) is 6.75. The predicted octanol–water partition coefficient (Wildman–Crippen LogP) is 4.81. The van der Waals surface area contributed by atoms with Gasteiger partial charge in [0, 0.05) is 5.57 Å². The fourth-order valence-corrected chi connectivity index (χ4v) is 5.47. The Balaban J connectivity index is 1.94. The SMILES string of the molecule is CC1=CC[C@H]2C(C)(C)CCC[C@]2(C)[C@H]1CC1=CC(=O)C=CC1=O. The van der Waals surface area contributed by atoms with Crippen LogP contribution in [-0.2, 0) is 9.59 Å². The van der Waals surface area contributed by atoms with E-state index in [2.05, 4.69) is 33.8 Å². The number of rotatable bonds is 2. The molecule has 0 heterocycles. The first-order valence-electron chi connectivity index (χ1n) is 8.88. The number of hydrogen-bond donors (Lipinski definition) is 0. The molecule has 0 aliphatic heterocycles. The van der Waals surface area contributed by atoms with Crippen LogP contribution in [-0.4, -0.2) is 11.6 Å². The Hall–Kier alpha value is -1.44. The fourth-order valence-electron chi connectivity index (χ4n) is 5.47. The molecule has 0 N–H and O–H groups in total. The minimum absolute atomic E-state index is 0.0122. The van der Waals surface area contributed by atoms with E-state index in [4.69, 9.17) is 0 Å². The van der Waals surface area contributed by atoms with Gasteiger partial charge in [0.1, 0.15) is 0 Å². The van der Waals surface area contributed by atoms with Crippen LogP contribution in [0.15, 0.2) is 35.5 Å². The van der Waals surface area contributed by atoms with Gasteiger partial charge in [0.05, 0.1) is 0 Å². The number of carbonyl (C=O) groups excluding carboxylic acids is 2. The molecule has 1 fully saturated rings. The molecule has 0 radical (unpaired) electrons. The average Bonchev–Trinajstić information content (AvgIpc) is 2.45. The summed E-state index contributed by atoms with van der Waals surface area (Å²) in [5.74, 6) is 0.985. The zero-order chi connectivity index (χ0) is 16.8. The number of fused-ring (bicyclic) bond motifs is 1. The molecule has 124 valence electrons. The highest BCUT2D eigenvalue weighted by Crippen LogP contribution is 2.60. The van der Waals surface area contributed by atoms with Gasteiger partial charge in [0.25, 0.3) is 0 Å². The Labute approximate surface area is 139 Å². The molecule has 23 heavy (non-hydrogen) atoms. The zero-order valence-corrected chi connectivity index (χ0v) is 14.8. The lowest BCUT2D eigenvalue weighted by atomic mass is 9.48. The van der Waals surface area contributed by atoms with Crippen molar-refractivity contribution in [2.75, 3.05) is 0 Å². The van der Waals surface area contributed by atoms with Gasteiger partial charge in [-0.25, -0.2) is 0 Å². The molecule has 0 spiro atoms. The molecular weight excluding hydrogens is 284 g/mol. The van der Waals surface area contributed by atoms with Crippen LogP contribution in [0, 0.1) is 22.7 Å². The van der Waals surface area contributed by atoms with Crippen molar-refractivity contribution in [2.45, 2.75) is 59.8 Å². The first kappa shape index (κ1) is 16.4. The summed E-state index contributed by atoms with van der Waals surface area (Å²) >= 11 is 0. The van der Waals surface area contributed by atoms with E-state index in [9.17, 15) is 9.59 Å². The quantitative estimate of drug-likeness (QED) is 0.541. The number of hydrogen-bond acceptors (Lipinski definition) is 2. The van der Waals surface area contributed by atoms with E-state index in [0.29, 0.717) is 29.2 Å². The molecule has 3 atom stereocenters. The molecule has 0 saturated heterocycles. The zero-order valence-electron chi connectivity index (χ0n) is 14.8. The van der Waals surface area contributed by atoms with Gasteiger partial charge < -0.3 is 0 Å². The van der Waals surface area contributed by atoms with E-state index in [1.54, 1.807) is 6.08 Å². The standard InChI is InChI=1S/C21H28O2/c1-14-6-9-19-20(2,3)10-5-11-21(19,4)17(14)13-15-12-16(22)7-8-18(15)23/h6-8,12,17,19H,5,9-11,13H2,1-4H3/t17-,19-,21+/m0/s1. The monoisotopic (exact) mass is 312 g/mol. The molecule has 0 amide bonds. The average molecular weight is 312 g/mol. The molecule has 3 aliphatic rings. The topological polar surface area (TPSA) is 34.1 Å². The van der Waals surface area contributed by atoms with Crippen molar-refractivity contribution >= 4 is 11.6 Å². The largest absolute Gasteiger partial charge is 0.290 e. The van der Waals surface area contributed by atoms with Gasteiger partial charge in [0.15, 0.2) is 11.6 Å². The van der Waals surface area contributed by atoms with Crippen LogP contribution in [0.3, 0.4) is 0 Å². The molecule has 0 unspecified atom stereocenters. The molecule has 0 bridgehead atoms. The van der Waals surface area contributed by atoms with Crippen LogP contribution >= 0.6 is 0 Å². The van der Waals surface area contributed by atoms with Gasteiger partial charge in [-0.1, -0.05) is 38.8 Å². The maximum absolute atomic E-state index is 12.2. The Morgan fingerprint density at radius 2 is 1.87 bits per heavy atom. The first-order chi connectivity index (χ1) is 10.7. The lowest BCUT2D eigenvalue weighted by Crippen LogP contribution is -2.48. The number of allylic oxidation sites excluding steroid dienone is 6. The molecule has 3 aliphatic carbocycles. The van der Waals surface area contributed by atoms with E-state index in [-0.39, 0.29) is 17.0 Å². The van der Waals surface area contributed by atoms with Gasteiger partial charge in [-0.3, -0.25) is 9.59 Å². The van der Waals surface area contributed by atoms with Crippen molar-refractivity contribution in [1.29, 1.82) is 0 Å². The number of carbonyl (C=O) groups is 2. The summed E-state index contributed by atoms with van der Waals surface area (Å²) in [4.78, 5) is 23.9. The summed E-state index contributed by atoms with van der Waals surface area (Å²) < 4.78 is 0. The summed E-state index contributed by atoms with van der Waals surface area (Å²) in [6, 6.07) is 0. The highest BCUT2D eigenvalue weighted by molar-refractivity contribution is 6.17. The van der Waals surface area contributed by atoms with Crippen molar-refractivity contribution in [3.8, 4) is 0 Å². The summed E-state index contributed by atoms with van der Waals surface area (Å²) in [6.45, 7) is 9.43. The smallest absolute Gasteiger partial charge is 0.182 e. The second kappa shape index (κ2) is 5.58. The van der Waals surface area contributed by atoms with Crippen LogP contribution in [0.1, 0.15) is 59.8 Å². The minimum Gasteiger partial charge on any atom is -0.290 e. The lowest BCUT2D eigenvalue weighted by Gasteiger charge is -2.57. The van der Waals surface area contributed by atoms with Crippen LogP contribution in [0.25, 0.3) is 0 Å². The van der Waals surface area contributed by atoms with Gasteiger partial charge in [-0.15, -0.1) is 0 Å². The molecule has 3 rings (SSSR count). The summed E-state index contributed by atoms with van der Waals surface area (Å²) in [7, 11) is 0. The molecule has 0 aromatic heterocycles. The van der Waals surface area contributed by atoms with E-state index in [1.807, 2.05) is 0 Å². The second-order valence-electron chi connectivity index (χ2n) is 8.61. The van der Waals surface area contributed by atoms with Crippen molar-refractivity contribution in [3.05, 3.63) is 35.5 Å². The molecule has 0 aromatic carbocycles. The minimum atomic E-state index is -0.0530. The van der Waals surface area contributed by atoms with Crippen LogP contribution in [0.5, 0.6) is 0 Å². The van der Waals surface area contributed by atoms with Crippen molar-refractivity contribution in [1.82, 2.24) is 0 Å². The molecule has 0 aromatic rings. The van der Waals surface area contributed by atoms with Gasteiger partial charge >= 0.3 is 0 Å². The molecular formula is C21H28O2. The summed E-state index contributed by atoms with van der Waals surface area (Å²) in [5, 5.41) is 0. The predicted molar refractivity (Wildman–Crippen MR) is 92.9 cm³/mol. The maximum atomic E-state index is 12.2. The van der Waals surface area contributed by atoms with Gasteiger partial charge in [-0.2, -0.15) is 0 Å². The van der Waals surface area contributed by atoms with E-state index in [1.165, 1.54) is 37.0 Å². The van der Waals surface area contributed by atoms with E-state index in [0.717, 1.165) is 6.42 Å². The van der Waals surface area contributed by atoms with Crippen LogP contribution < -0.4 is 0 Å². The Kier molecular flexibility index (Phi) is 3.98. The highest BCUT2D eigenvalue weighted by Gasteiger charge is 2.51. The molecule has 2 heteroatoms. The van der Waals surface area contributed by atoms with Crippen molar-refractivity contribution < 1.29 is 9.59 Å². The second-order valence-corrected chi connectivity index (χ2v) is 8.61. The van der Waals surface area contributed by atoms with Gasteiger partial charge in [-0.05, 0) is 73.5 Å². The number of ketones is 2. The third kappa shape index (κ3) is 2.77. The summed E-state index contributed by atoms with van der Waals surface area (Å²) in [5.41, 5.74) is 2.67. The van der Waals surface area contributed by atoms with Crippen molar-refractivity contribution in [3.63, 3.8) is 0 Å². The van der Waals surface area contributed by atoms with Crippen molar-refractivity contribution in [2.24, 2.45) is 22.7 Å². The highest BCUT2D eigenvalue weighted by atomic mass is 16.1. The van der Waals surface area contributed by atoms with E-state index >= 15 is 0 Å². The molecule has 2 nitrogen and oxygen atoms in total. The van der Waals surface area contributed by atoms with E-state index < -0.39 is 0 Å². The normalized spacial score (nSPS) is 36.3. The first-order valence-corrected chi connectivity index (χ1v) is 8.88. The van der Waals surface area contributed by atoms with Crippen LogP contribution in [0.2, 0.25) is 0 Å². The summed E-state index contributed by atoms with van der Waals surface area (Å²) in [6.07, 6.45) is 12.4. The third-order valence-corrected chi connectivity index (χ3v) is 6.75.